The molecule has 2 aromatic rings. The zero-order chi connectivity index (χ0) is 26.8. The number of benzene rings is 1. The zero-order valence-electron chi connectivity index (χ0n) is 23.0. The van der Waals surface area contributed by atoms with Crippen LogP contribution in [-0.2, 0) is 10.3 Å². The molecule has 2 saturated carbocycles. The largest absolute Gasteiger partial charge is 0.495 e. The average molecular weight is 520 g/mol. The SMILES string of the molecule is COc1ccc(NC(=O)CCN2C[C@]3(CC[C@](c4ccccc4)(N(C)C)CC3)N(CC3CCC3)C2=O)nc1. The number of nitrogens with one attached hydrogen (secondary N) is 1. The summed E-state index contributed by atoms with van der Waals surface area (Å²) in [5, 5.41) is 2.84. The molecule has 8 nitrogen and oxygen atoms in total. The predicted molar refractivity (Wildman–Crippen MR) is 148 cm³/mol. The molecule has 1 aliphatic heterocycles. The van der Waals surface area contributed by atoms with E-state index >= 15 is 0 Å². The minimum Gasteiger partial charge on any atom is -0.495 e. The number of amides is 3. The van der Waals surface area contributed by atoms with Crippen molar-refractivity contribution in [3.8, 4) is 5.75 Å². The Morgan fingerprint density at radius 2 is 1.84 bits per heavy atom. The maximum Gasteiger partial charge on any atom is 0.320 e. The van der Waals surface area contributed by atoms with Crippen LogP contribution in [-0.4, -0.2) is 78.0 Å². The number of aromatic nitrogens is 1. The Labute approximate surface area is 226 Å². The van der Waals surface area contributed by atoms with Gasteiger partial charge in [-0.15, -0.1) is 0 Å². The molecule has 0 unspecified atom stereocenters. The lowest BCUT2D eigenvalue weighted by Gasteiger charge is -2.51. The number of urea groups is 1. The molecule has 1 saturated heterocycles. The Hall–Kier alpha value is -3.13. The van der Waals surface area contributed by atoms with Crippen molar-refractivity contribution in [1.82, 2.24) is 19.7 Å². The highest BCUT2D eigenvalue weighted by Gasteiger charge is 2.54. The molecule has 3 amide bonds. The van der Waals surface area contributed by atoms with E-state index in [0.717, 1.165) is 32.2 Å². The third kappa shape index (κ3) is 5.10. The fourth-order valence-electron chi connectivity index (χ4n) is 6.58. The van der Waals surface area contributed by atoms with Crippen LogP contribution in [0.25, 0.3) is 0 Å². The van der Waals surface area contributed by atoms with Gasteiger partial charge in [0.05, 0.1) is 18.8 Å². The molecular weight excluding hydrogens is 478 g/mol. The van der Waals surface area contributed by atoms with Crippen LogP contribution in [0.5, 0.6) is 5.75 Å². The maximum absolute atomic E-state index is 13.7. The highest BCUT2D eigenvalue weighted by atomic mass is 16.5. The minimum atomic E-state index is -0.158. The van der Waals surface area contributed by atoms with Crippen molar-refractivity contribution in [2.75, 3.05) is 46.2 Å². The van der Waals surface area contributed by atoms with Gasteiger partial charge in [0.25, 0.3) is 0 Å². The summed E-state index contributed by atoms with van der Waals surface area (Å²) in [5.41, 5.74) is 1.18. The summed E-state index contributed by atoms with van der Waals surface area (Å²) in [7, 11) is 5.94. The monoisotopic (exact) mass is 519 g/mol. The van der Waals surface area contributed by atoms with Crippen LogP contribution < -0.4 is 10.1 Å². The summed E-state index contributed by atoms with van der Waals surface area (Å²) in [6.45, 7) is 1.96. The number of hydrogen-bond donors (Lipinski definition) is 1. The van der Waals surface area contributed by atoms with Gasteiger partial charge >= 0.3 is 6.03 Å². The quantitative estimate of drug-likeness (QED) is 0.518. The number of hydrogen-bond acceptors (Lipinski definition) is 5. The second-order valence-corrected chi connectivity index (χ2v) is 11.5. The smallest absolute Gasteiger partial charge is 0.320 e. The van der Waals surface area contributed by atoms with E-state index in [2.05, 4.69) is 64.5 Å². The van der Waals surface area contributed by atoms with Gasteiger partial charge in [0.15, 0.2) is 0 Å². The van der Waals surface area contributed by atoms with Crippen molar-refractivity contribution in [3.05, 3.63) is 54.2 Å². The molecule has 1 aromatic carbocycles. The van der Waals surface area contributed by atoms with E-state index in [0.29, 0.717) is 30.6 Å². The number of methoxy groups -OCH3 is 1. The molecule has 1 aromatic heterocycles. The second-order valence-electron chi connectivity index (χ2n) is 11.5. The van der Waals surface area contributed by atoms with Crippen molar-refractivity contribution in [1.29, 1.82) is 0 Å². The normalized spacial score (nSPS) is 25.6. The molecule has 1 N–H and O–H groups in total. The van der Waals surface area contributed by atoms with E-state index in [-0.39, 0.29) is 29.4 Å². The maximum atomic E-state index is 13.7. The molecule has 2 aliphatic carbocycles. The van der Waals surface area contributed by atoms with Crippen LogP contribution >= 0.6 is 0 Å². The average Bonchev–Trinajstić information content (AvgIpc) is 3.16. The first-order chi connectivity index (χ1) is 18.3. The Balaban J connectivity index is 1.27. The molecular formula is C30H41N5O3. The Morgan fingerprint density at radius 3 is 2.42 bits per heavy atom. The fourth-order valence-corrected chi connectivity index (χ4v) is 6.58. The van der Waals surface area contributed by atoms with Crippen LogP contribution in [0.1, 0.15) is 56.9 Å². The van der Waals surface area contributed by atoms with E-state index < -0.39 is 0 Å². The highest BCUT2D eigenvalue weighted by Crippen LogP contribution is 2.49. The summed E-state index contributed by atoms with van der Waals surface area (Å²) in [4.78, 5) is 37.1. The van der Waals surface area contributed by atoms with Gasteiger partial charge in [-0.2, -0.15) is 0 Å². The van der Waals surface area contributed by atoms with Gasteiger partial charge in [-0.3, -0.25) is 9.69 Å². The van der Waals surface area contributed by atoms with Crippen molar-refractivity contribution in [2.24, 2.45) is 5.92 Å². The number of carbonyl (C=O) groups excluding carboxylic acids is 2. The predicted octanol–water partition coefficient (Wildman–Crippen LogP) is 4.73. The Morgan fingerprint density at radius 1 is 1.11 bits per heavy atom. The van der Waals surface area contributed by atoms with Gasteiger partial charge in [-0.25, -0.2) is 9.78 Å². The molecule has 0 radical (unpaired) electrons. The lowest BCUT2D eigenvalue weighted by molar-refractivity contribution is -0.116. The summed E-state index contributed by atoms with van der Waals surface area (Å²) in [6.07, 6.45) is 9.47. The third-order valence-corrected chi connectivity index (χ3v) is 9.25. The molecule has 3 aliphatic rings. The zero-order valence-corrected chi connectivity index (χ0v) is 23.0. The van der Waals surface area contributed by atoms with E-state index in [4.69, 9.17) is 4.74 Å². The van der Waals surface area contributed by atoms with Gasteiger partial charge in [0.2, 0.25) is 5.91 Å². The number of anilines is 1. The molecule has 5 rings (SSSR count). The van der Waals surface area contributed by atoms with E-state index in [1.54, 1.807) is 25.4 Å². The summed E-state index contributed by atoms with van der Waals surface area (Å²) in [6, 6.07) is 14.4. The van der Waals surface area contributed by atoms with Crippen molar-refractivity contribution in [2.45, 2.75) is 62.4 Å². The molecule has 0 atom stereocenters. The van der Waals surface area contributed by atoms with Crippen molar-refractivity contribution in [3.63, 3.8) is 0 Å². The molecule has 3 fully saturated rings. The van der Waals surface area contributed by atoms with Gasteiger partial charge in [0, 0.05) is 31.6 Å². The van der Waals surface area contributed by atoms with Gasteiger partial charge in [-0.05, 0) is 76.2 Å². The fraction of sp³-hybridized carbons (Fsp3) is 0.567. The molecule has 2 heterocycles. The Bertz CT molecular complexity index is 1110. The number of ether oxygens (including phenoxy) is 1. The van der Waals surface area contributed by atoms with Crippen molar-refractivity contribution < 1.29 is 14.3 Å². The number of pyridine rings is 1. The van der Waals surface area contributed by atoms with E-state index in [9.17, 15) is 9.59 Å². The second kappa shape index (κ2) is 10.9. The summed E-state index contributed by atoms with van der Waals surface area (Å²) < 4.78 is 5.13. The molecule has 38 heavy (non-hydrogen) atoms. The van der Waals surface area contributed by atoms with Crippen LogP contribution in [0.3, 0.4) is 0 Å². The summed E-state index contributed by atoms with van der Waals surface area (Å²) in [5.74, 6) is 1.59. The van der Waals surface area contributed by atoms with Gasteiger partial charge < -0.3 is 19.9 Å². The Kier molecular flexibility index (Phi) is 7.61. The highest BCUT2D eigenvalue weighted by molar-refractivity contribution is 5.90. The van der Waals surface area contributed by atoms with E-state index in [1.807, 2.05) is 4.90 Å². The van der Waals surface area contributed by atoms with Gasteiger partial charge in [0.1, 0.15) is 11.6 Å². The minimum absolute atomic E-state index is 0.0175. The van der Waals surface area contributed by atoms with Crippen molar-refractivity contribution >= 4 is 17.8 Å². The number of rotatable bonds is 9. The van der Waals surface area contributed by atoms with Gasteiger partial charge in [-0.1, -0.05) is 36.8 Å². The van der Waals surface area contributed by atoms with Crippen LogP contribution in [0, 0.1) is 5.92 Å². The molecule has 0 bridgehead atoms. The van der Waals surface area contributed by atoms with Crippen LogP contribution in [0.15, 0.2) is 48.7 Å². The molecule has 8 heteroatoms. The van der Waals surface area contributed by atoms with E-state index in [1.165, 1.54) is 24.8 Å². The first kappa shape index (κ1) is 26.5. The standard InChI is InChI=1S/C30H41N5O3/c1-33(2)30(24-10-5-4-6-11-24)17-15-29(16-18-30)22-34(28(37)35(29)21-23-8-7-9-23)19-14-27(36)32-26-13-12-25(38-3)20-31-26/h4-6,10-13,20,23H,7-9,14-19,21-22H2,1-3H3,(H,31,32,36)/t29-,30+. The molecule has 204 valence electrons. The topological polar surface area (TPSA) is 78.0 Å². The number of carbonyl (C=O) groups is 2. The first-order valence-corrected chi connectivity index (χ1v) is 13.9. The number of nitrogens with zero attached hydrogens (tertiary/aromatic N) is 4. The molecule has 1 spiro atoms. The lowest BCUT2D eigenvalue weighted by Crippen LogP contribution is -2.56. The van der Waals surface area contributed by atoms with Crippen LogP contribution in [0.4, 0.5) is 10.6 Å². The lowest BCUT2D eigenvalue weighted by atomic mass is 9.68. The third-order valence-electron chi connectivity index (χ3n) is 9.25. The van der Waals surface area contributed by atoms with Crippen LogP contribution in [0.2, 0.25) is 0 Å². The summed E-state index contributed by atoms with van der Waals surface area (Å²) >= 11 is 0. The first-order valence-electron chi connectivity index (χ1n) is 13.9.